The van der Waals surface area contributed by atoms with Gasteiger partial charge < -0.3 is 14.8 Å². The summed E-state index contributed by atoms with van der Waals surface area (Å²) in [4.78, 5) is 12.6. The first-order chi connectivity index (χ1) is 13.9. The minimum absolute atomic E-state index is 0.000686. The van der Waals surface area contributed by atoms with E-state index >= 15 is 0 Å². The summed E-state index contributed by atoms with van der Waals surface area (Å²) in [5.74, 6) is 0.729. The maximum absolute atomic E-state index is 12.6. The van der Waals surface area contributed by atoms with Crippen LogP contribution in [-0.4, -0.2) is 19.6 Å². The van der Waals surface area contributed by atoms with Gasteiger partial charge in [0.1, 0.15) is 11.6 Å². The monoisotopic (exact) mass is 390 g/mol. The van der Waals surface area contributed by atoms with Crippen molar-refractivity contribution in [2.45, 2.75) is 27.2 Å². The second kappa shape index (κ2) is 10.1. The number of carbonyl (C=O) groups excluding carboxylic acids is 1. The molecular formula is C24H26N2O3. The Morgan fingerprint density at radius 2 is 2.03 bits per heavy atom. The van der Waals surface area contributed by atoms with Gasteiger partial charge in [-0.2, -0.15) is 5.26 Å². The average molecular weight is 390 g/mol. The summed E-state index contributed by atoms with van der Waals surface area (Å²) in [6, 6.07) is 11.3. The number of allylic oxidation sites excluding steroid dienone is 1. The number of rotatable bonds is 8. The Kier molecular flexibility index (Phi) is 7.62. The second-order valence-corrected chi connectivity index (χ2v) is 6.58. The normalized spacial score (nSPS) is 10.8. The van der Waals surface area contributed by atoms with Crippen LogP contribution in [0.15, 0.2) is 48.6 Å². The number of hydrogen-bond donors (Lipinski definition) is 1. The lowest BCUT2D eigenvalue weighted by Crippen LogP contribution is -2.14. The van der Waals surface area contributed by atoms with Crippen LogP contribution in [0.2, 0.25) is 0 Å². The van der Waals surface area contributed by atoms with Gasteiger partial charge in [-0.15, -0.1) is 6.58 Å². The summed E-state index contributed by atoms with van der Waals surface area (Å²) < 4.78 is 11.2. The van der Waals surface area contributed by atoms with Crippen molar-refractivity contribution in [3.8, 4) is 17.6 Å². The van der Waals surface area contributed by atoms with Crippen molar-refractivity contribution >= 4 is 17.7 Å². The minimum atomic E-state index is -0.461. The number of nitrogens with zero attached hydrogens (tertiary/aromatic N) is 1. The highest BCUT2D eigenvalue weighted by atomic mass is 16.5. The molecule has 1 N–H and O–H groups in total. The van der Waals surface area contributed by atoms with Crippen LogP contribution >= 0.6 is 0 Å². The average Bonchev–Trinajstić information content (AvgIpc) is 2.70. The van der Waals surface area contributed by atoms with Gasteiger partial charge in [0.25, 0.3) is 5.91 Å². The maximum Gasteiger partial charge on any atom is 0.266 e. The Morgan fingerprint density at radius 1 is 1.28 bits per heavy atom. The molecule has 0 bridgehead atoms. The molecule has 0 radical (unpaired) electrons. The summed E-state index contributed by atoms with van der Waals surface area (Å²) in [5.41, 5.74) is 4.27. The van der Waals surface area contributed by atoms with Gasteiger partial charge in [0.2, 0.25) is 0 Å². The third-order valence-corrected chi connectivity index (χ3v) is 4.33. The van der Waals surface area contributed by atoms with Gasteiger partial charge in [-0.05, 0) is 62.6 Å². The molecule has 0 atom stereocenters. The van der Waals surface area contributed by atoms with Gasteiger partial charge in [0.05, 0.1) is 13.7 Å². The van der Waals surface area contributed by atoms with Crippen LogP contribution in [0.5, 0.6) is 11.5 Å². The van der Waals surface area contributed by atoms with E-state index in [1.165, 1.54) is 0 Å². The topological polar surface area (TPSA) is 71.4 Å². The number of aryl methyl sites for hydroxylation is 2. The van der Waals surface area contributed by atoms with Crippen molar-refractivity contribution < 1.29 is 14.3 Å². The number of carbonyl (C=O) groups is 1. The van der Waals surface area contributed by atoms with E-state index in [0.717, 1.165) is 16.7 Å². The van der Waals surface area contributed by atoms with Crippen LogP contribution in [0.25, 0.3) is 6.08 Å². The van der Waals surface area contributed by atoms with Gasteiger partial charge in [0.15, 0.2) is 11.5 Å². The SMILES string of the molecule is C=CCc1cc(/C=C(\C#N)C(=O)Nc2ccc(C)cc2C)cc(OC)c1OCC. The molecule has 5 nitrogen and oxygen atoms in total. The Morgan fingerprint density at radius 3 is 2.62 bits per heavy atom. The van der Waals surface area contributed by atoms with Crippen molar-refractivity contribution in [1.29, 1.82) is 5.26 Å². The third-order valence-electron chi connectivity index (χ3n) is 4.33. The van der Waals surface area contributed by atoms with Gasteiger partial charge in [-0.3, -0.25) is 4.79 Å². The molecule has 0 fully saturated rings. The predicted octanol–water partition coefficient (Wildman–Crippen LogP) is 4.98. The van der Waals surface area contributed by atoms with E-state index in [1.807, 2.05) is 51.1 Å². The Bertz CT molecular complexity index is 984. The molecule has 2 rings (SSSR count). The van der Waals surface area contributed by atoms with Crippen LogP contribution in [0.3, 0.4) is 0 Å². The summed E-state index contributed by atoms with van der Waals surface area (Å²) in [7, 11) is 1.56. The molecule has 150 valence electrons. The van der Waals surface area contributed by atoms with Gasteiger partial charge in [-0.1, -0.05) is 23.8 Å². The molecule has 0 unspecified atom stereocenters. The van der Waals surface area contributed by atoms with Crippen molar-refractivity contribution in [3.63, 3.8) is 0 Å². The number of ether oxygens (including phenoxy) is 2. The first-order valence-electron chi connectivity index (χ1n) is 9.38. The highest BCUT2D eigenvalue weighted by Gasteiger charge is 2.15. The van der Waals surface area contributed by atoms with Crippen LogP contribution in [-0.2, 0) is 11.2 Å². The molecule has 0 saturated heterocycles. The number of methoxy groups -OCH3 is 1. The molecule has 0 saturated carbocycles. The van der Waals surface area contributed by atoms with Crippen LogP contribution in [0, 0.1) is 25.2 Å². The Hall–Kier alpha value is -3.52. The maximum atomic E-state index is 12.6. The summed E-state index contributed by atoms with van der Waals surface area (Å²) in [6.07, 6.45) is 3.89. The summed E-state index contributed by atoms with van der Waals surface area (Å²) in [5, 5.41) is 12.3. The highest BCUT2D eigenvalue weighted by Crippen LogP contribution is 2.34. The van der Waals surface area contributed by atoms with E-state index in [1.54, 1.807) is 25.3 Å². The number of hydrogen-bond acceptors (Lipinski definition) is 4. The van der Waals surface area contributed by atoms with Crippen LogP contribution < -0.4 is 14.8 Å². The number of nitriles is 1. The fourth-order valence-corrected chi connectivity index (χ4v) is 2.99. The molecule has 0 aliphatic carbocycles. The number of amides is 1. The largest absolute Gasteiger partial charge is 0.493 e. The van der Waals surface area contributed by atoms with Crippen LogP contribution in [0.1, 0.15) is 29.2 Å². The third kappa shape index (κ3) is 5.49. The molecular weight excluding hydrogens is 364 g/mol. The fraction of sp³-hybridized carbons (Fsp3) is 0.250. The molecule has 1 amide bonds. The second-order valence-electron chi connectivity index (χ2n) is 6.58. The highest BCUT2D eigenvalue weighted by molar-refractivity contribution is 6.10. The number of nitrogens with one attached hydrogen (secondary N) is 1. The summed E-state index contributed by atoms with van der Waals surface area (Å²) in [6.45, 7) is 10.1. The van der Waals surface area contributed by atoms with E-state index in [-0.39, 0.29) is 5.57 Å². The molecule has 5 heteroatoms. The standard InChI is InChI=1S/C24H26N2O3/c1-6-8-19-12-18(14-22(28-5)23(19)29-7-2)13-20(15-25)24(27)26-21-10-9-16(3)11-17(21)4/h6,9-14H,1,7-8H2,2-5H3,(H,26,27)/b20-13+. The molecule has 0 aliphatic heterocycles. The number of benzene rings is 2. The molecule has 2 aromatic rings. The van der Waals surface area contributed by atoms with E-state index in [0.29, 0.717) is 35.8 Å². The minimum Gasteiger partial charge on any atom is -0.493 e. The quantitative estimate of drug-likeness (QED) is 0.392. The van der Waals surface area contributed by atoms with Gasteiger partial charge in [0, 0.05) is 11.3 Å². The zero-order valence-electron chi connectivity index (χ0n) is 17.3. The lowest BCUT2D eigenvalue weighted by atomic mass is 10.0. The first-order valence-corrected chi connectivity index (χ1v) is 9.38. The van der Waals surface area contributed by atoms with Crippen molar-refractivity contribution in [2.75, 3.05) is 19.0 Å². The van der Waals surface area contributed by atoms with Crippen molar-refractivity contribution in [3.05, 3.63) is 70.8 Å². The lowest BCUT2D eigenvalue weighted by Gasteiger charge is -2.15. The van der Waals surface area contributed by atoms with E-state index < -0.39 is 5.91 Å². The van der Waals surface area contributed by atoms with E-state index in [4.69, 9.17) is 9.47 Å². The van der Waals surface area contributed by atoms with E-state index in [9.17, 15) is 10.1 Å². The Labute approximate surface area is 172 Å². The zero-order valence-corrected chi connectivity index (χ0v) is 17.3. The molecule has 0 aromatic heterocycles. The Balaban J connectivity index is 2.40. The van der Waals surface area contributed by atoms with Gasteiger partial charge in [-0.25, -0.2) is 0 Å². The van der Waals surface area contributed by atoms with E-state index in [2.05, 4.69) is 11.9 Å². The predicted molar refractivity (Wildman–Crippen MR) is 116 cm³/mol. The molecule has 0 heterocycles. The molecule has 0 aliphatic rings. The summed E-state index contributed by atoms with van der Waals surface area (Å²) >= 11 is 0. The molecule has 2 aromatic carbocycles. The lowest BCUT2D eigenvalue weighted by molar-refractivity contribution is -0.112. The fourth-order valence-electron chi connectivity index (χ4n) is 2.99. The number of anilines is 1. The smallest absolute Gasteiger partial charge is 0.266 e. The molecule has 0 spiro atoms. The molecule has 29 heavy (non-hydrogen) atoms. The van der Waals surface area contributed by atoms with Crippen molar-refractivity contribution in [2.24, 2.45) is 0 Å². The zero-order chi connectivity index (χ0) is 21.4. The van der Waals surface area contributed by atoms with Crippen LogP contribution in [0.4, 0.5) is 5.69 Å². The van der Waals surface area contributed by atoms with Gasteiger partial charge >= 0.3 is 0 Å². The van der Waals surface area contributed by atoms with Crippen molar-refractivity contribution in [1.82, 2.24) is 0 Å². The first kappa shape index (κ1) is 21.8.